The number of rotatable bonds is 1. The quantitative estimate of drug-likeness (QED) is 0.818. The lowest BCUT2D eigenvalue weighted by molar-refractivity contribution is -0.134. The summed E-state index contributed by atoms with van der Waals surface area (Å²) in [4.78, 5) is 25.3. The molecule has 0 aliphatic carbocycles. The van der Waals surface area contributed by atoms with Crippen LogP contribution < -0.4 is 10.2 Å². The van der Waals surface area contributed by atoms with Crippen LogP contribution in [0.25, 0.3) is 0 Å². The molecule has 0 aromatic heterocycles. The van der Waals surface area contributed by atoms with Crippen molar-refractivity contribution < 1.29 is 14.0 Å². The highest BCUT2D eigenvalue weighted by Crippen LogP contribution is 2.25. The van der Waals surface area contributed by atoms with Crippen LogP contribution in [0.1, 0.15) is 19.4 Å². The van der Waals surface area contributed by atoms with Gasteiger partial charge in [0.1, 0.15) is 17.9 Å². The topological polar surface area (TPSA) is 49.4 Å². The minimum Gasteiger partial charge on any atom is -0.341 e. The SMILES string of the molecule is Cc1cc(F)ccc1N1CC(=O)NC(C)(C)C1=O. The minimum absolute atomic E-state index is 0.0330. The van der Waals surface area contributed by atoms with E-state index in [1.54, 1.807) is 20.8 Å². The maximum Gasteiger partial charge on any atom is 0.252 e. The van der Waals surface area contributed by atoms with E-state index >= 15 is 0 Å². The van der Waals surface area contributed by atoms with Crippen molar-refractivity contribution in [3.8, 4) is 0 Å². The maximum absolute atomic E-state index is 13.1. The van der Waals surface area contributed by atoms with Crippen LogP contribution >= 0.6 is 0 Å². The normalized spacial score (nSPS) is 18.8. The zero-order chi connectivity index (χ0) is 13.5. The standard InChI is InChI=1S/C13H15FN2O2/c1-8-6-9(14)4-5-10(8)16-7-11(17)15-13(2,3)12(16)18/h4-6H,7H2,1-3H3,(H,15,17). The summed E-state index contributed by atoms with van der Waals surface area (Å²) in [5.41, 5.74) is 0.272. The number of benzene rings is 1. The predicted octanol–water partition coefficient (Wildman–Crippen LogP) is 1.38. The average molecular weight is 250 g/mol. The summed E-state index contributed by atoms with van der Waals surface area (Å²) >= 11 is 0. The van der Waals surface area contributed by atoms with Crippen molar-refractivity contribution in [2.24, 2.45) is 0 Å². The summed E-state index contributed by atoms with van der Waals surface area (Å²) in [5.74, 6) is -0.774. The molecule has 2 rings (SSSR count). The molecule has 1 aliphatic rings. The molecule has 4 nitrogen and oxygen atoms in total. The maximum atomic E-state index is 13.1. The van der Waals surface area contributed by atoms with Crippen molar-refractivity contribution in [3.63, 3.8) is 0 Å². The van der Waals surface area contributed by atoms with Gasteiger partial charge in [0, 0.05) is 5.69 Å². The van der Waals surface area contributed by atoms with Crippen molar-refractivity contribution in [2.75, 3.05) is 11.4 Å². The highest BCUT2D eigenvalue weighted by molar-refractivity contribution is 6.09. The van der Waals surface area contributed by atoms with Crippen molar-refractivity contribution in [3.05, 3.63) is 29.6 Å². The van der Waals surface area contributed by atoms with E-state index in [-0.39, 0.29) is 24.2 Å². The first-order valence-corrected chi connectivity index (χ1v) is 5.70. The van der Waals surface area contributed by atoms with E-state index < -0.39 is 5.54 Å². The minimum atomic E-state index is -0.934. The molecule has 1 aliphatic heterocycles. The molecule has 1 aromatic rings. The molecular weight excluding hydrogens is 235 g/mol. The molecule has 1 aromatic carbocycles. The molecule has 18 heavy (non-hydrogen) atoms. The van der Waals surface area contributed by atoms with E-state index in [9.17, 15) is 14.0 Å². The first kappa shape index (κ1) is 12.5. The third-order valence-electron chi connectivity index (χ3n) is 2.98. The second kappa shape index (κ2) is 4.08. The van der Waals surface area contributed by atoms with Crippen LogP contribution in [0.2, 0.25) is 0 Å². The Bertz CT molecular complexity index is 526. The molecule has 1 fully saturated rings. The lowest BCUT2D eigenvalue weighted by Crippen LogP contribution is -2.64. The summed E-state index contributed by atoms with van der Waals surface area (Å²) in [6.45, 7) is 4.98. The van der Waals surface area contributed by atoms with Gasteiger partial charge in [-0.15, -0.1) is 0 Å². The Balaban J connectivity index is 2.43. The van der Waals surface area contributed by atoms with E-state index in [0.29, 0.717) is 11.3 Å². The van der Waals surface area contributed by atoms with Crippen LogP contribution in [0, 0.1) is 12.7 Å². The molecule has 96 valence electrons. The molecule has 1 heterocycles. The van der Waals surface area contributed by atoms with Gasteiger partial charge in [-0.1, -0.05) is 0 Å². The number of carbonyl (C=O) groups is 2. The van der Waals surface area contributed by atoms with Crippen LogP contribution in [0.4, 0.5) is 10.1 Å². The Labute approximate surface area is 105 Å². The van der Waals surface area contributed by atoms with Gasteiger partial charge >= 0.3 is 0 Å². The van der Waals surface area contributed by atoms with Gasteiger partial charge < -0.3 is 10.2 Å². The fourth-order valence-electron chi connectivity index (χ4n) is 2.11. The number of hydrogen-bond donors (Lipinski definition) is 1. The number of aryl methyl sites for hydroxylation is 1. The summed E-state index contributed by atoms with van der Waals surface area (Å²) in [6.07, 6.45) is 0. The Morgan fingerprint density at radius 2 is 2.00 bits per heavy atom. The fraction of sp³-hybridized carbons (Fsp3) is 0.385. The first-order valence-electron chi connectivity index (χ1n) is 5.70. The van der Waals surface area contributed by atoms with Crippen molar-refractivity contribution in [1.82, 2.24) is 5.32 Å². The first-order chi connectivity index (χ1) is 8.31. The molecule has 5 heteroatoms. The van der Waals surface area contributed by atoms with Crippen molar-refractivity contribution >= 4 is 17.5 Å². The number of nitrogens with one attached hydrogen (secondary N) is 1. The van der Waals surface area contributed by atoms with Gasteiger partial charge in [0.15, 0.2) is 0 Å². The Morgan fingerprint density at radius 3 is 2.61 bits per heavy atom. The summed E-state index contributed by atoms with van der Waals surface area (Å²) in [7, 11) is 0. The predicted molar refractivity (Wildman–Crippen MR) is 65.7 cm³/mol. The van der Waals surface area contributed by atoms with E-state index in [1.807, 2.05) is 0 Å². The Hall–Kier alpha value is -1.91. The zero-order valence-electron chi connectivity index (χ0n) is 10.6. The molecule has 0 saturated carbocycles. The van der Waals surface area contributed by atoms with Crippen molar-refractivity contribution in [2.45, 2.75) is 26.3 Å². The van der Waals surface area contributed by atoms with Crippen LogP contribution in [-0.4, -0.2) is 23.9 Å². The van der Waals surface area contributed by atoms with Crippen LogP contribution in [0.5, 0.6) is 0 Å². The second-order valence-corrected chi connectivity index (χ2v) is 5.00. The molecule has 0 radical (unpaired) electrons. The molecule has 0 spiro atoms. The van der Waals surface area contributed by atoms with Gasteiger partial charge in [0.05, 0.1) is 0 Å². The largest absolute Gasteiger partial charge is 0.341 e. The molecule has 1 saturated heterocycles. The summed E-state index contributed by atoms with van der Waals surface area (Å²) < 4.78 is 13.1. The third kappa shape index (κ3) is 2.08. The number of hydrogen-bond acceptors (Lipinski definition) is 2. The molecule has 1 N–H and O–H groups in total. The van der Waals surface area contributed by atoms with E-state index in [1.165, 1.54) is 23.1 Å². The van der Waals surface area contributed by atoms with Gasteiger partial charge in [-0.2, -0.15) is 0 Å². The highest BCUT2D eigenvalue weighted by Gasteiger charge is 2.40. The number of nitrogens with zero attached hydrogens (tertiary/aromatic N) is 1. The lowest BCUT2D eigenvalue weighted by atomic mass is 9.99. The van der Waals surface area contributed by atoms with Gasteiger partial charge in [-0.3, -0.25) is 9.59 Å². The van der Waals surface area contributed by atoms with E-state index in [4.69, 9.17) is 0 Å². The summed E-state index contributed by atoms with van der Waals surface area (Å²) in [6, 6.07) is 4.16. The lowest BCUT2D eigenvalue weighted by Gasteiger charge is -2.38. The van der Waals surface area contributed by atoms with Gasteiger partial charge in [-0.05, 0) is 44.5 Å². The Morgan fingerprint density at radius 1 is 1.33 bits per heavy atom. The van der Waals surface area contributed by atoms with Gasteiger partial charge in [0.25, 0.3) is 5.91 Å². The van der Waals surface area contributed by atoms with E-state index in [0.717, 1.165) is 0 Å². The number of halogens is 1. The molecule has 0 bridgehead atoms. The highest BCUT2D eigenvalue weighted by atomic mass is 19.1. The van der Waals surface area contributed by atoms with Crippen LogP contribution in [-0.2, 0) is 9.59 Å². The molecule has 0 unspecified atom stereocenters. The monoisotopic (exact) mass is 250 g/mol. The molecular formula is C13H15FN2O2. The molecule has 2 amide bonds. The number of amides is 2. The average Bonchev–Trinajstić information content (AvgIpc) is 2.23. The van der Waals surface area contributed by atoms with Crippen LogP contribution in [0.3, 0.4) is 0 Å². The summed E-state index contributed by atoms with van der Waals surface area (Å²) in [5, 5.41) is 2.63. The second-order valence-electron chi connectivity index (χ2n) is 5.00. The number of piperazine rings is 1. The smallest absolute Gasteiger partial charge is 0.252 e. The van der Waals surface area contributed by atoms with Crippen molar-refractivity contribution in [1.29, 1.82) is 0 Å². The van der Waals surface area contributed by atoms with E-state index in [2.05, 4.69) is 5.32 Å². The van der Waals surface area contributed by atoms with Gasteiger partial charge in [-0.25, -0.2) is 4.39 Å². The fourth-order valence-corrected chi connectivity index (χ4v) is 2.11. The Kier molecular flexibility index (Phi) is 2.84. The van der Waals surface area contributed by atoms with Gasteiger partial charge in [0.2, 0.25) is 5.91 Å². The number of anilines is 1. The zero-order valence-corrected chi connectivity index (χ0v) is 10.6. The van der Waals surface area contributed by atoms with Crippen LogP contribution in [0.15, 0.2) is 18.2 Å². The third-order valence-corrected chi connectivity index (χ3v) is 2.98. The number of carbonyl (C=O) groups excluding carboxylic acids is 2. The molecule has 0 atom stereocenters.